The standard InChI is InChI=1S/C21H19ClF3N3O/c22-17-5-6-18-15(11-17)12-19(26-18)20(29)28-9-7-27(8-10-28)13-14-1-3-16(4-2-14)21(23,24)25/h1-6,11-12,26H,7-10,13H2. The first-order valence-corrected chi connectivity index (χ1v) is 9.63. The number of alkyl halides is 3. The highest BCUT2D eigenvalue weighted by Gasteiger charge is 2.30. The van der Waals surface area contributed by atoms with E-state index in [-0.39, 0.29) is 5.91 Å². The summed E-state index contributed by atoms with van der Waals surface area (Å²) >= 11 is 6.00. The van der Waals surface area contributed by atoms with Gasteiger partial charge in [0.15, 0.2) is 0 Å². The van der Waals surface area contributed by atoms with Crippen LogP contribution in [0, 0.1) is 0 Å². The Hall–Kier alpha value is -2.51. The first-order chi connectivity index (χ1) is 13.8. The summed E-state index contributed by atoms with van der Waals surface area (Å²) < 4.78 is 38.0. The van der Waals surface area contributed by atoms with E-state index >= 15 is 0 Å². The second kappa shape index (κ2) is 7.72. The summed E-state index contributed by atoms with van der Waals surface area (Å²) in [6.07, 6.45) is -4.32. The van der Waals surface area contributed by atoms with Crippen LogP contribution in [0.1, 0.15) is 21.6 Å². The molecule has 0 aliphatic carbocycles. The minimum absolute atomic E-state index is 0.0634. The normalized spacial score (nSPS) is 15.8. The van der Waals surface area contributed by atoms with Crippen molar-refractivity contribution in [3.05, 3.63) is 70.4 Å². The summed E-state index contributed by atoms with van der Waals surface area (Å²) in [5, 5.41) is 1.51. The van der Waals surface area contributed by atoms with E-state index in [0.29, 0.717) is 43.4 Å². The van der Waals surface area contributed by atoms with Gasteiger partial charge in [-0.15, -0.1) is 0 Å². The number of carbonyl (C=O) groups is 1. The molecule has 1 fully saturated rings. The lowest BCUT2D eigenvalue weighted by molar-refractivity contribution is -0.137. The van der Waals surface area contributed by atoms with E-state index in [4.69, 9.17) is 11.6 Å². The third-order valence-electron chi connectivity index (χ3n) is 5.16. The van der Waals surface area contributed by atoms with E-state index in [2.05, 4.69) is 9.88 Å². The number of fused-ring (bicyclic) bond motifs is 1. The number of benzene rings is 2. The van der Waals surface area contributed by atoms with E-state index in [1.807, 2.05) is 12.1 Å². The average Bonchev–Trinajstić information content (AvgIpc) is 3.11. The number of aromatic amines is 1. The molecule has 3 aromatic rings. The van der Waals surface area contributed by atoms with Crippen molar-refractivity contribution in [3.63, 3.8) is 0 Å². The van der Waals surface area contributed by atoms with Crippen LogP contribution in [0.3, 0.4) is 0 Å². The van der Waals surface area contributed by atoms with Crippen LogP contribution in [-0.2, 0) is 12.7 Å². The van der Waals surface area contributed by atoms with Crippen LogP contribution in [0.2, 0.25) is 5.02 Å². The summed E-state index contributed by atoms with van der Waals surface area (Å²) in [6.45, 7) is 3.02. The number of piperazine rings is 1. The number of nitrogens with zero attached hydrogens (tertiary/aromatic N) is 2. The molecule has 0 unspecified atom stereocenters. The van der Waals surface area contributed by atoms with Gasteiger partial charge in [0.25, 0.3) is 5.91 Å². The zero-order valence-electron chi connectivity index (χ0n) is 15.5. The van der Waals surface area contributed by atoms with Crippen molar-refractivity contribution >= 4 is 28.4 Å². The Morgan fingerprint density at radius 3 is 2.34 bits per heavy atom. The fourth-order valence-corrected chi connectivity index (χ4v) is 3.74. The van der Waals surface area contributed by atoms with Crippen molar-refractivity contribution < 1.29 is 18.0 Å². The molecule has 4 nitrogen and oxygen atoms in total. The molecular weight excluding hydrogens is 403 g/mol. The van der Waals surface area contributed by atoms with Crippen LogP contribution in [0.15, 0.2) is 48.5 Å². The minimum atomic E-state index is -4.32. The molecule has 4 rings (SSSR count). The highest BCUT2D eigenvalue weighted by Crippen LogP contribution is 2.29. The first kappa shape index (κ1) is 19.8. The van der Waals surface area contributed by atoms with Crippen LogP contribution in [0.5, 0.6) is 0 Å². The van der Waals surface area contributed by atoms with Gasteiger partial charge in [-0.1, -0.05) is 23.7 Å². The molecule has 1 aromatic heterocycles. The molecule has 29 heavy (non-hydrogen) atoms. The molecule has 0 saturated carbocycles. The second-order valence-corrected chi connectivity index (χ2v) is 7.61. The van der Waals surface area contributed by atoms with Crippen LogP contribution < -0.4 is 0 Å². The molecule has 1 aliphatic heterocycles. The number of halogens is 4. The molecule has 1 aliphatic rings. The van der Waals surface area contributed by atoms with Gasteiger partial charge in [-0.25, -0.2) is 0 Å². The van der Waals surface area contributed by atoms with Crippen molar-refractivity contribution in [3.8, 4) is 0 Å². The van der Waals surface area contributed by atoms with Gasteiger partial charge in [-0.3, -0.25) is 9.69 Å². The lowest BCUT2D eigenvalue weighted by atomic mass is 10.1. The summed E-state index contributed by atoms with van der Waals surface area (Å²) in [6, 6.07) is 12.5. The van der Waals surface area contributed by atoms with Crippen molar-refractivity contribution in [1.29, 1.82) is 0 Å². The third-order valence-corrected chi connectivity index (χ3v) is 5.40. The van der Waals surface area contributed by atoms with Crippen LogP contribution in [-0.4, -0.2) is 46.9 Å². The minimum Gasteiger partial charge on any atom is -0.351 e. The number of nitrogens with one attached hydrogen (secondary N) is 1. The van der Waals surface area contributed by atoms with Crippen LogP contribution in [0.4, 0.5) is 13.2 Å². The molecule has 1 N–H and O–H groups in total. The monoisotopic (exact) mass is 421 g/mol. The van der Waals surface area contributed by atoms with E-state index < -0.39 is 11.7 Å². The van der Waals surface area contributed by atoms with Gasteiger partial charge in [-0.05, 0) is 42.0 Å². The molecule has 1 amide bonds. The molecule has 0 bridgehead atoms. The number of aromatic nitrogens is 1. The highest BCUT2D eigenvalue weighted by atomic mass is 35.5. The Bertz CT molecular complexity index is 1020. The number of hydrogen-bond donors (Lipinski definition) is 1. The number of rotatable bonds is 3. The zero-order chi connectivity index (χ0) is 20.6. The largest absolute Gasteiger partial charge is 0.416 e. The fraction of sp³-hybridized carbons (Fsp3) is 0.286. The topological polar surface area (TPSA) is 39.3 Å². The average molecular weight is 422 g/mol. The van der Waals surface area contributed by atoms with Crippen molar-refractivity contribution in [2.45, 2.75) is 12.7 Å². The predicted octanol–water partition coefficient (Wildman–Crippen LogP) is 4.80. The lowest BCUT2D eigenvalue weighted by Gasteiger charge is -2.34. The number of H-pyrrole nitrogens is 1. The maximum atomic E-state index is 12.8. The van der Waals surface area contributed by atoms with Gasteiger partial charge in [0.2, 0.25) is 0 Å². The van der Waals surface area contributed by atoms with Gasteiger partial charge in [-0.2, -0.15) is 13.2 Å². The smallest absolute Gasteiger partial charge is 0.351 e. The fourth-order valence-electron chi connectivity index (χ4n) is 3.56. The Kier molecular flexibility index (Phi) is 5.27. The molecule has 1 saturated heterocycles. The zero-order valence-corrected chi connectivity index (χ0v) is 16.2. The predicted molar refractivity (Wildman–Crippen MR) is 106 cm³/mol. The maximum absolute atomic E-state index is 12.8. The Morgan fingerprint density at radius 1 is 1.00 bits per heavy atom. The van der Waals surface area contributed by atoms with E-state index in [1.165, 1.54) is 12.1 Å². The maximum Gasteiger partial charge on any atom is 0.416 e. The molecule has 0 spiro atoms. The molecule has 0 atom stereocenters. The van der Waals surface area contributed by atoms with E-state index in [1.54, 1.807) is 17.0 Å². The van der Waals surface area contributed by atoms with Gasteiger partial charge in [0, 0.05) is 48.6 Å². The van der Waals surface area contributed by atoms with Crippen molar-refractivity contribution in [2.75, 3.05) is 26.2 Å². The highest BCUT2D eigenvalue weighted by molar-refractivity contribution is 6.31. The SMILES string of the molecule is O=C(c1cc2cc(Cl)ccc2[nH]1)N1CCN(Cc2ccc(C(F)(F)F)cc2)CC1. The molecule has 0 radical (unpaired) electrons. The third kappa shape index (κ3) is 4.41. The van der Waals surface area contributed by atoms with E-state index in [9.17, 15) is 18.0 Å². The number of hydrogen-bond acceptors (Lipinski definition) is 2. The van der Waals surface area contributed by atoms with Gasteiger partial charge >= 0.3 is 6.18 Å². The molecule has 2 aromatic carbocycles. The Morgan fingerprint density at radius 2 is 1.69 bits per heavy atom. The Balaban J connectivity index is 1.35. The second-order valence-electron chi connectivity index (χ2n) is 7.18. The summed E-state index contributed by atoms with van der Waals surface area (Å²) in [5.74, 6) is -0.0634. The first-order valence-electron chi connectivity index (χ1n) is 9.26. The van der Waals surface area contributed by atoms with Gasteiger partial charge in [0.05, 0.1) is 5.56 Å². The van der Waals surface area contributed by atoms with Crippen LogP contribution in [0.25, 0.3) is 10.9 Å². The van der Waals surface area contributed by atoms with Crippen molar-refractivity contribution in [1.82, 2.24) is 14.8 Å². The lowest BCUT2D eigenvalue weighted by Crippen LogP contribution is -2.48. The molecular formula is C21H19ClF3N3O. The summed E-state index contributed by atoms with van der Waals surface area (Å²) in [5.41, 5.74) is 1.57. The molecule has 152 valence electrons. The molecule has 2 heterocycles. The van der Waals surface area contributed by atoms with Gasteiger partial charge in [0.1, 0.15) is 5.69 Å². The summed E-state index contributed by atoms with van der Waals surface area (Å²) in [4.78, 5) is 19.8. The van der Waals surface area contributed by atoms with Gasteiger partial charge < -0.3 is 9.88 Å². The Labute approximate surface area is 170 Å². The quantitative estimate of drug-likeness (QED) is 0.660. The molecule has 8 heteroatoms. The summed E-state index contributed by atoms with van der Waals surface area (Å²) in [7, 11) is 0. The number of amides is 1. The van der Waals surface area contributed by atoms with Crippen molar-refractivity contribution in [2.24, 2.45) is 0 Å². The van der Waals surface area contributed by atoms with Crippen LogP contribution >= 0.6 is 11.6 Å². The van der Waals surface area contributed by atoms with E-state index in [0.717, 1.165) is 28.6 Å². The number of carbonyl (C=O) groups excluding carboxylic acids is 1.